The van der Waals surface area contributed by atoms with Crippen LogP contribution in [0.2, 0.25) is 0 Å². The van der Waals surface area contributed by atoms with E-state index in [9.17, 15) is 18.8 Å². The Hall–Kier alpha value is -3.93. The third-order valence-corrected chi connectivity index (χ3v) is 8.76. The highest BCUT2D eigenvalue weighted by Gasteiger charge is 2.20. The van der Waals surface area contributed by atoms with Crippen molar-refractivity contribution in [2.24, 2.45) is 10.2 Å². The molecule has 0 saturated carbocycles. The summed E-state index contributed by atoms with van der Waals surface area (Å²) >= 11 is 0. The smallest absolute Gasteiger partial charge is 0.179 e. The summed E-state index contributed by atoms with van der Waals surface area (Å²) in [4.78, 5) is 6.79. The van der Waals surface area contributed by atoms with Gasteiger partial charge in [-0.25, -0.2) is 13.4 Å². The molecule has 4 N–H and O–H groups in total. The van der Waals surface area contributed by atoms with Crippen LogP contribution < -0.4 is 10.6 Å². The number of para-hydroxylation sites is 1. The number of nitrogens with zero attached hydrogens (tertiary/aromatic N) is 5. The van der Waals surface area contributed by atoms with Gasteiger partial charge in [-0.1, -0.05) is 25.1 Å². The van der Waals surface area contributed by atoms with Gasteiger partial charge in [0.25, 0.3) is 0 Å². The van der Waals surface area contributed by atoms with Crippen LogP contribution in [0.1, 0.15) is 31.4 Å². The van der Waals surface area contributed by atoms with Crippen molar-refractivity contribution in [2.45, 2.75) is 38.1 Å². The van der Waals surface area contributed by atoms with Gasteiger partial charge in [0.05, 0.1) is 48.3 Å². The van der Waals surface area contributed by atoms with E-state index in [1.54, 1.807) is 19.1 Å². The quantitative estimate of drug-likeness (QED) is 0.115. The number of anilines is 3. The van der Waals surface area contributed by atoms with E-state index >= 15 is 0 Å². The molecule has 13 heteroatoms. The number of nitriles is 1. The number of aliphatic hydroxyl groups excluding tert-OH is 2. The van der Waals surface area contributed by atoms with Gasteiger partial charge in [-0.2, -0.15) is 10.4 Å². The van der Waals surface area contributed by atoms with Gasteiger partial charge in [0.2, 0.25) is 0 Å². The topological polar surface area (TPSA) is 173 Å². The highest BCUT2D eigenvalue weighted by Crippen LogP contribution is 2.35. The molecular formula is C31H41N7O5S. The summed E-state index contributed by atoms with van der Waals surface area (Å²) < 4.78 is 31.4. The molecule has 0 radical (unpaired) electrons. The number of hydrogen-bond donors (Lipinski definition) is 4. The van der Waals surface area contributed by atoms with Crippen LogP contribution in [-0.2, 0) is 14.6 Å². The van der Waals surface area contributed by atoms with Crippen LogP contribution in [0.3, 0.4) is 0 Å². The fourth-order valence-corrected chi connectivity index (χ4v) is 5.62. The first-order chi connectivity index (χ1) is 21.2. The Bertz CT molecular complexity index is 1510. The molecule has 0 saturated heterocycles. The summed E-state index contributed by atoms with van der Waals surface area (Å²) in [6.07, 6.45) is 0.853. The maximum absolute atomic E-state index is 13.0. The van der Waals surface area contributed by atoms with Crippen molar-refractivity contribution in [3.05, 3.63) is 65.7 Å². The Labute approximate surface area is 259 Å². The molecule has 3 aromatic rings. The van der Waals surface area contributed by atoms with E-state index in [2.05, 4.69) is 31.9 Å². The fraction of sp³-hybridized carbons (Fsp3) is 0.419. The molecule has 44 heavy (non-hydrogen) atoms. The molecule has 0 spiro atoms. The molecule has 12 nitrogen and oxygen atoms in total. The van der Waals surface area contributed by atoms with Crippen molar-refractivity contribution in [3.8, 4) is 6.07 Å². The van der Waals surface area contributed by atoms with E-state index in [1.165, 1.54) is 12.1 Å². The summed E-state index contributed by atoms with van der Waals surface area (Å²) in [6, 6.07) is 17.9. The first-order valence-corrected chi connectivity index (χ1v) is 16.2. The van der Waals surface area contributed by atoms with Crippen molar-refractivity contribution in [1.29, 1.82) is 5.26 Å². The standard InChI is InChI=1S/C31H41N7O5S/c1-4-23(2)38(15-17-39)16-21-44(41,42)27-12-10-26(11-13-27)36-37-29-24(3)28(22-32)30(34-25-8-6-5-7-9-25)35-31(29)33-14-19-43-20-18-40/h5-13,23,39-40H,4,14-21H2,1-3H3,(H2,33,34,35). The van der Waals surface area contributed by atoms with Crippen LogP contribution in [0, 0.1) is 18.3 Å². The Balaban J connectivity index is 1.85. The lowest BCUT2D eigenvalue weighted by atomic mass is 10.1. The van der Waals surface area contributed by atoms with E-state index in [4.69, 9.17) is 9.84 Å². The molecule has 0 bridgehead atoms. The zero-order valence-corrected chi connectivity index (χ0v) is 26.2. The van der Waals surface area contributed by atoms with Gasteiger partial charge >= 0.3 is 0 Å². The van der Waals surface area contributed by atoms with Crippen LogP contribution in [-0.4, -0.2) is 86.4 Å². The maximum Gasteiger partial charge on any atom is 0.179 e. The van der Waals surface area contributed by atoms with Gasteiger partial charge in [0.1, 0.15) is 11.8 Å². The third-order valence-electron chi connectivity index (χ3n) is 7.05. The molecule has 2 aromatic carbocycles. The van der Waals surface area contributed by atoms with Crippen LogP contribution in [0.15, 0.2) is 69.7 Å². The van der Waals surface area contributed by atoms with Crippen LogP contribution >= 0.6 is 0 Å². The molecular weight excluding hydrogens is 582 g/mol. The van der Waals surface area contributed by atoms with E-state index in [-0.39, 0.29) is 36.5 Å². The minimum Gasteiger partial charge on any atom is -0.395 e. The number of pyridine rings is 1. The number of rotatable bonds is 18. The largest absolute Gasteiger partial charge is 0.395 e. The average molecular weight is 624 g/mol. The zero-order chi connectivity index (χ0) is 32.0. The summed E-state index contributed by atoms with van der Waals surface area (Å²) in [7, 11) is -3.56. The number of aromatic nitrogens is 1. The second-order valence-electron chi connectivity index (χ2n) is 10.1. The number of ether oxygens (including phenoxy) is 1. The molecule has 1 atom stereocenters. The highest BCUT2D eigenvalue weighted by molar-refractivity contribution is 7.91. The van der Waals surface area contributed by atoms with Crippen LogP contribution in [0.4, 0.5) is 28.7 Å². The first kappa shape index (κ1) is 34.6. The molecule has 3 rings (SSSR count). The summed E-state index contributed by atoms with van der Waals surface area (Å²) in [5.74, 6) is 0.666. The molecule has 0 aliphatic carbocycles. The number of hydrogen-bond acceptors (Lipinski definition) is 12. The highest BCUT2D eigenvalue weighted by atomic mass is 32.2. The number of aliphatic hydroxyl groups is 2. The molecule has 1 aromatic heterocycles. The van der Waals surface area contributed by atoms with E-state index < -0.39 is 9.84 Å². The Morgan fingerprint density at radius 1 is 1.02 bits per heavy atom. The van der Waals surface area contributed by atoms with E-state index in [0.29, 0.717) is 60.4 Å². The number of azo groups is 1. The molecule has 0 aliphatic rings. The van der Waals surface area contributed by atoms with Crippen molar-refractivity contribution >= 4 is 38.5 Å². The normalized spacial score (nSPS) is 12.4. The average Bonchev–Trinajstić information content (AvgIpc) is 3.03. The third kappa shape index (κ3) is 9.80. The van der Waals surface area contributed by atoms with Crippen molar-refractivity contribution in [1.82, 2.24) is 9.88 Å². The van der Waals surface area contributed by atoms with Gasteiger partial charge in [-0.15, -0.1) is 5.11 Å². The molecule has 1 unspecified atom stereocenters. The molecule has 236 valence electrons. The lowest BCUT2D eigenvalue weighted by molar-refractivity contribution is 0.0992. The van der Waals surface area contributed by atoms with E-state index in [0.717, 1.165) is 12.1 Å². The Morgan fingerprint density at radius 2 is 1.75 bits per heavy atom. The van der Waals surface area contributed by atoms with Crippen molar-refractivity contribution in [2.75, 3.05) is 62.4 Å². The lowest BCUT2D eigenvalue weighted by Gasteiger charge is -2.27. The van der Waals surface area contributed by atoms with Gasteiger partial charge in [-0.3, -0.25) is 4.90 Å². The molecule has 1 heterocycles. The summed E-state index contributed by atoms with van der Waals surface area (Å²) in [6.45, 7) is 7.30. The first-order valence-electron chi connectivity index (χ1n) is 14.5. The van der Waals surface area contributed by atoms with Gasteiger partial charge in [0.15, 0.2) is 21.5 Å². The zero-order valence-electron chi connectivity index (χ0n) is 25.4. The van der Waals surface area contributed by atoms with Gasteiger partial charge in [-0.05, 0) is 56.7 Å². The fourth-order valence-electron chi connectivity index (χ4n) is 4.36. The number of benzene rings is 2. The summed E-state index contributed by atoms with van der Waals surface area (Å²) in [5, 5.41) is 43.4. The van der Waals surface area contributed by atoms with Crippen molar-refractivity contribution in [3.63, 3.8) is 0 Å². The number of nitrogens with one attached hydrogen (secondary N) is 2. The maximum atomic E-state index is 13.0. The van der Waals surface area contributed by atoms with Crippen LogP contribution in [0.25, 0.3) is 0 Å². The second kappa shape index (κ2) is 17.4. The SMILES string of the molecule is CCC(C)N(CCO)CCS(=O)(=O)c1ccc(N=Nc2c(NCCOCCO)nc(Nc3ccccc3)c(C#N)c2C)cc1. The van der Waals surface area contributed by atoms with Crippen LogP contribution in [0.5, 0.6) is 0 Å². The summed E-state index contributed by atoms with van der Waals surface area (Å²) in [5.41, 5.74) is 2.40. The van der Waals surface area contributed by atoms with E-state index in [1.807, 2.05) is 49.1 Å². The van der Waals surface area contributed by atoms with Gasteiger partial charge < -0.3 is 25.6 Å². The van der Waals surface area contributed by atoms with Gasteiger partial charge in [0, 0.05) is 36.9 Å². The minimum absolute atomic E-state index is 0.0318. The number of sulfone groups is 1. The predicted molar refractivity (Wildman–Crippen MR) is 171 cm³/mol. The monoisotopic (exact) mass is 623 g/mol. The molecule has 0 amide bonds. The lowest BCUT2D eigenvalue weighted by Crippen LogP contribution is -2.38. The molecule has 0 aliphatic heterocycles. The Kier molecular flexibility index (Phi) is 13.7. The Morgan fingerprint density at radius 3 is 2.39 bits per heavy atom. The predicted octanol–water partition coefficient (Wildman–Crippen LogP) is 4.71. The van der Waals surface area contributed by atoms with Crippen molar-refractivity contribution < 1.29 is 23.4 Å². The molecule has 0 fully saturated rings. The second-order valence-corrected chi connectivity index (χ2v) is 12.2. The minimum atomic E-state index is -3.56.